The fourth-order valence-corrected chi connectivity index (χ4v) is 1.84. The maximum absolute atomic E-state index is 10.9. The Morgan fingerprint density at radius 1 is 1.77 bits per heavy atom. The molecule has 1 N–H and O–H groups in total. The van der Waals surface area contributed by atoms with Crippen molar-refractivity contribution in [3.05, 3.63) is 18.4 Å². The lowest BCUT2D eigenvalue weighted by atomic mass is 10.4. The van der Waals surface area contributed by atoms with E-state index in [-0.39, 0.29) is 6.04 Å². The van der Waals surface area contributed by atoms with Crippen LogP contribution in [0.15, 0.2) is 17.0 Å². The molecule has 2 unspecified atom stereocenters. The minimum absolute atomic E-state index is 0.232. The van der Waals surface area contributed by atoms with E-state index in [2.05, 4.69) is 10.3 Å². The van der Waals surface area contributed by atoms with E-state index in [9.17, 15) is 4.21 Å². The van der Waals surface area contributed by atoms with Gasteiger partial charge in [0.15, 0.2) is 6.39 Å². The highest BCUT2D eigenvalue weighted by molar-refractivity contribution is 7.84. The van der Waals surface area contributed by atoms with E-state index in [0.29, 0.717) is 12.3 Å². The van der Waals surface area contributed by atoms with Gasteiger partial charge in [-0.25, -0.2) is 4.98 Å². The summed E-state index contributed by atoms with van der Waals surface area (Å²) in [6.07, 6.45) is 4.77. The molecule has 0 fully saturated rings. The minimum atomic E-state index is -0.753. The molecule has 0 aliphatic carbocycles. The molecular weight excluding hydrogens is 188 g/mol. The van der Waals surface area contributed by atoms with Gasteiger partial charge in [-0.1, -0.05) is 0 Å². The maximum atomic E-state index is 10.9. The molecular formula is C8H14N2O2S. The molecule has 1 aromatic rings. The van der Waals surface area contributed by atoms with Crippen molar-refractivity contribution in [2.45, 2.75) is 19.5 Å². The summed E-state index contributed by atoms with van der Waals surface area (Å²) >= 11 is 0. The molecule has 5 heteroatoms. The number of nitrogens with zero attached hydrogens (tertiary/aromatic N) is 1. The van der Waals surface area contributed by atoms with Crippen LogP contribution in [0.1, 0.15) is 12.7 Å². The molecule has 13 heavy (non-hydrogen) atoms. The summed E-state index contributed by atoms with van der Waals surface area (Å²) in [5.41, 5.74) is 0. The zero-order chi connectivity index (χ0) is 9.68. The van der Waals surface area contributed by atoms with Crippen LogP contribution in [-0.2, 0) is 17.3 Å². The van der Waals surface area contributed by atoms with E-state index in [1.165, 1.54) is 6.39 Å². The summed E-state index contributed by atoms with van der Waals surface area (Å²) in [5.74, 6) is 1.46. The standard InChI is InChI=1S/C8H14N2O2S/c1-7(5-13(2)11)10-4-8-3-9-6-12-8/h3,6-7,10H,4-5H2,1-2H3. The largest absolute Gasteiger partial charge is 0.447 e. The Morgan fingerprint density at radius 2 is 2.54 bits per heavy atom. The molecule has 1 rings (SSSR count). The van der Waals surface area contributed by atoms with Crippen LogP contribution in [0.25, 0.3) is 0 Å². The number of rotatable bonds is 5. The Hall–Kier alpha value is -0.680. The second-order valence-corrected chi connectivity index (χ2v) is 4.47. The zero-order valence-electron chi connectivity index (χ0n) is 7.82. The smallest absolute Gasteiger partial charge is 0.180 e. The summed E-state index contributed by atoms with van der Waals surface area (Å²) < 4.78 is 15.9. The average Bonchev–Trinajstić information content (AvgIpc) is 2.51. The number of aromatic nitrogens is 1. The first-order chi connectivity index (χ1) is 6.18. The fraction of sp³-hybridized carbons (Fsp3) is 0.625. The molecule has 0 radical (unpaired) electrons. The lowest BCUT2D eigenvalue weighted by Gasteiger charge is -2.09. The van der Waals surface area contributed by atoms with Gasteiger partial charge in [-0.05, 0) is 6.92 Å². The van der Waals surface area contributed by atoms with Crippen LogP contribution in [0, 0.1) is 0 Å². The van der Waals surface area contributed by atoms with Crippen molar-refractivity contribution in [1.82, 2.24) is 10.3 Å². The Kier molecular flexibility index (Phi) is 4.11. The van der Waals surface area contributed by atoms with Gasteiger partial charge in [-0.15, -0.1) is 0 Å². The van der Waals surface area contributed by atoms with Crippen molar-refractivity contribution in [1.29, 1.82) is 0 Å². The number of hydrogen-bond donors (Lipinski definition) is 1. The van der Waals surface area contributed by atoms with Gasteiger partial charge in [0.05, 0.1) is 12.7 Å². The summed E-state index contributed by atoms with van der Waals surface area (Å²) in [6, 6.07) is 0.232. The van der Waals surface area contributed by atoms with Crippen molar-refractivity contribution < 1.29 is 8.63 Å². The lowest BCUT2D eigenvalue weighted by molar-refractivity contribution is 0.463. The van der Waals surface area contributed by atoms with Gasteiger partial charge >= 0.3 is 0 Å². The average molecular weight is 202 g/mol. The predicted octanol–water partition coefficient (Wildman–Crippen LogP) is 0.531. The Labute approximate surface area is 80.2 Å². The summed E-state index contributed by atoms with van der Waals surface area (Å²) in [6.45, 7) is 2.64. The first-order valence-electron chi connectivity index (χ1n) is 4.09. The minimum Gasteiger partial charge on any atom is -0.447 e. The second-order valence-electron chi connectivity index (χ2n) is 2.99. The topological polar surface area (TPSA) is 55.1 Å². The zero-order valence-corrected chi connectivity index (χ0v) is 8.63. The van der Waals surface area contributed by atoms with Gasteiger partial charge in [0.1, 0.15) is 5.76 Å². The molecule has 0 aliphatic heterocycles. The third-order valence-electron chi connectivity index (χ3n) is 1.59. The van der Waals surface area contributed by atoms with Crippen molar-refractivity contribution in [2.75, 3.05) is 12.0 Å². The first kappa shape index (κ1) is 10.4. The van der Waals surface area contributed by atoms with E-state index in [1.54, 1.807) is 12.5 Å². The van der Waals surface area contributed by atoms with Crippen LogP contribution >= 0.6 is 0 Å². The second kappa shape index (κ2) is 5.14. The van der Waals surface area contributed by atoms with Crippen LogP contribution in [-0.4, -0.2) is 27.2 Å². The van der Waals surface area contributed by atoms with E-state index < -0.39 is 10.8 Å². The van der Waals surface area contributed by atoms with Crippen LogP contribution < -0.4 is 5.32 Å². The van der Waals surface area contributed by atoms with E-state index >= 15 is 0 Å². The van der Waals surface area contributed by atoms with E-state index in [1.807, 2.05) is 6.92 Å². The van der Waals surface area contributed by atoms with Gasteiger partial charge < -0.3 is 9.73 Å². The van der Waals surface area contributed by atoms with E-state index in [4.69, 9.17) is 4.42 Å². The molecule has 0 spiro atoms. The van der Waals surface area contributed by atoms with Crippen LogP contribution in [0.2, 0.25) is 0 Å². The molecule has 0 saturated heterocycles. The highest BCUT2D eigenvalue weighted by Crippen LogP contribution is 1.96. The number of hydrogen-bond acceptors (Lipinski definition) is 4. The molecule has 0 bridgehead atoms. The van der Waals surface area contributed by atoms with Crippen molar-refractivity contribution >= 4 is 10.8 Å². The fourth-order valence-electron chi connectivity index (χ4n) is 1.02. The van der Waals surface area contributed by atoms with E-state index in [0.717, 1.165) is 5.76 Å². The third kappa shape index (κ3) is 4.19. The Bertz CT molecular complexity index is 261. The number of oxazole rings is 1. The maximum Gasteiger partial charge on any atom is 0.180 e. The Balaban J connectivity index is 2.22. The Morgan fingerprint density at radius 3 is 3.08 bits per heavy atom. The molecule has 0 aliphatic rings. The first-order valence-corrected chi connectivity index (χ1v) is 5.82. The van der Waals surface area contributed by atoms with Gasteiger partial charge in [0, 0.05) is 28.9 Å². The van der Waals surface area contributed by atoms with Gasteiger partial charge in [-0.3, -0.25) is 4.21 Å². The summed E-state index contributed by atoms with van der Waals surface area (Å²) in [4.78, 5) is 3.79. The molecule has 0 saturated carbocycles. The lowest BCUT2D eigenvalue weighted by Crippen LogP contribution is -2.30. The third-order valence-corrected chi connectivity index (χ3v) is 2.56. The highest BCUT2D eigenvalue weighted by atomic mass is 32.2. The predicted molar refractivity (Wildman–Crippen MR) is 51.7 cm³/mol. The summed E-state index contributed by atoms with van der Waals surface area (Å²) in [7, 11) is -0.753. The van der Waals surface area contributed by atoms with Gasteiger partial charge in [-0.2, -0.15) is 0 Å². The molecule has 2 atom stereocenters. The van der Waals surface area contributed by atoms with Crippen LogP contribution in [0.5, 0.6) is 0 Å². The van der Waals surface area contributed by atoms with Crippen molar-refractivity contribution in [2.24, 2.45) is 0 Å². The monoisotopic (exact) mass is 202 g/mol. The molecule has 0 amide bonds. The molecule has 1 aromatic heterocycles. The number of nitrogens with one attached hydrogen (secondary N) is 1. The van der Waals surface area contributed by atoms with Gasteiger partial charge in [0.25, 0.3) is 0 Å². The highest BCUT2D eigenvalue weighted by Gasteiger charge is 2.04. The normalized spacial score (nSPS) is 15.5. The van der Waals surface area contributed by atoms with Crippen LogP contribution in [0.4, 0.5) is 0 Å². The molecule has 0 aromatic carbocycles. The van der Waals surface area contributed by atoms with Gasteiger partial charge in [0.2, 0.25) is 0 Å². The molecule has 74 valence electrons. The van der Waals surface area contributed by atoms with Crippen molar-refractivity contribution in [3.63, 3.8) is 0 Å². The SMILES string of the molecule is CC(CS(C)=O)NCc1cnco1. The van der Waals surface area contributed by atoms with Crippen molar-refractivity contribution in [3.8, 4) is 0 Å². The molecule has 4 nitrogen and oxygen atoms in total. The van der Waals surface area contributed by atoms with Crippen LogP contribution in [0.3, 0.4) is 0 Å². The summed E-state index contributed by atoms with van der Waals surface area (Å²) in [5, 5.41) is 3.19. The quantitative estimate of drug-likeness (QED) is 0.756. The molecule has 1 heterocycles.